The van der Waals surface area contributed by atoms with Crippen molar-refractivity contribution in [1.82, 2.24) is 0 Å². The van der Waals surface area contributed by atoms with Crippen molar-refractivity contribution >= 4 is 32.7 Å². The molecule has 0 N–H and O–H groups in total. The van der Waals surface area contributed by atoms with Gasteiger partial charge in [-0.3, -0.25) is 0 Å². The molecule has 50 heavy (non-hydrogen) atoms. The van der Waals surface area contributed by atoms with Crippen molar-refractivity contribution in [1.29, 1.82) is 0 Å². The van der Waals surface area contributed by atoms with Crippen LogP contribution in [0.2, 0.25) is 0 Å². The summed E-state index contributed by atoms with van der Waals surface area (Å²) >= 11 is 0. The van der Waals surface area contributed by atoms with Crippen LogP contribution in [0, 0.1) is 0 Å². The average molecular weight is 639 g/mol. The summed E-state index contributed by atoms with van der Waals surface area (Å²) in [6.07, 6.45) is 0. The van der Waals surface area contributed by atoms with Gasteiger partial charge in [0.2, 0.25) is 0 Å². The quantitative estimate of drug-likeness (QED) is 0.187. The predicted octanol–water partition coefficient (Wildman–Crippen LogP) is 13.7. The standard InChI is InChI=1S/C49H34O/c1-49(2)45-16-10-9-15-41(45)42-22-18-34(29-46(42)49)39-27-37(32-13-7-4-8-14-32)26-38(28-39)33-17-21-40-36(25-33)20-24-44-43-23-19-35(30-47(43)50-48(40)44)31-11-5-3-6-12-31/h3-30H,1-2H3. The van der Waals surface area contributed by atoms with Crippen LogP contribution in [0.15, 0.2) is 174 Å². The first-order valence-corrected chi connectivity index (χ1v) is 17.4. The van der Waals surface area contributed by atoms with Gasteiger partial charge in [0, 0.05) is 21.6 Å². The maximum Gasteiger partial charge on any atom is 0.143 e. The molecule has 0 unspecified atom stereocenters. The highest BCUT2D eigenvalue weighted by molar-refractivity contribution is 6.15. The van der Waals surface area contributed by atoms with Gasteiger partial charge in [-0.15, -0.1) is 0 Å². The topological polar surface area (TPSA) is 13.1 Å². The van der Waals surface area contributed by atoms with Crippen LogP contribution in [-0.2, 0) is 5.41 Å². The largest absolute Gasteiger partial charge is 0.455 e. The van der Waals surface area contributed by atoms with E-state index in [-0.39, 0.29) is 5.41 Å². The summed E-state index contributed by atoms with van der Waals surface area (Å²) in [5.74, 6) is 0. The van der Waals surface area contributed by atoms with Crippen LogP contribution in [0.1, 0.15) is 25.0 Å². The smallest absolute Gasteiger partial charge is 0.143 e. The molecule has 9 aromatic rings. The number of rotatable bonds is 4. The summed E-state index contributed by atoms with van der Waals surface area (Å²) in [6.45, 7) is 4.70. The summed E-state index contributed by atoms with van der Waals surface area (Å²) in [6, 6.07) is 61.9. The van der Waals surface area contributed by atoms with Crippen LogP contribution < -0.4 is 0 Å². The van der Waals surface area contributed by atoms with E-state index in [9.17, 15) is 0 Å². The Hall–Kier alpha value is -6.18. The summed E-state index contributed by atoms with van der Waals surface area (Å²) < 4.78 is 6.60. The Bertz CT molecular complexity index is 2760. The molecular formula is C49H34O. The second-order valence-electron chi connectivity index (χ2n) is 14.2. The van der Waals surface area contributed by atoms with Crippen LogP contribution >= 0.6 is 0 Å². The summed E-state index contributed by atoms with van der Waals surface area (Å²) in [5.41, 5.74) is 16.9. The van der Waals surface area contributed by atoms with E-state index in [1.54, 1.807) is 0 Å². The maximum atomic E-state index is 6.60. The molecule has 10 rings (SSSR count). The van der Waals surface area contributed by atoms with E-state index in [1.807, 2.05) is 0 Å². The number of hydrogen-bond donors (Lipinski definition) is 0. The van der Waals surface area contributed by atoms with Crippen molar-refractivity contribution in [2.45, 2.75) is 19.3 Å². The van der Waals surface area contributed by atoms with E-state index in [0.29, 0.717) is 0 Å². The fourth-order valence-electron chi connectivity index (χ4n) is 8.19. The molecule has 0 saturated heterocycles. The van der Waals surface area contributed by atoms with Gasteiger partial charge in [-0.25, -0.2) is 0 Å². The molecule has 0 saturated carbocycles. The SMILES string of the molecule is CC1(C)c2ccccc2-c2ccc(-c3cc(-c4ccccc4)cc(-c4ccc5c(ccc6c7ccc(-c8ccccc8)cc7oc56)c4)c3)cc21. The van der Waals surface area contributed by atoms with Crippen molar-refractivity contribution in [3.05, 3.63) is 181 Å². The first-order chi connectivity index (χ1) is 24.5. The van der Waals surface area contributed by atoms with Gasteiger partial charge in [-0.2, -0.15) is 0 Å². The fourth-order valence-corrected chi connectivity index (χ4v) is 8.19. The van der Waals surface area contributed by atoms with Crippen LogP contribution in [-0.4, -0.2) is 0 Å². The van der Waals surface area contributed by atoms with E-state index < -0.39 is 0 Å². The van der Waals surface area contributed by atoms with Crippen molar-refractivity contribution in [3.63, 3.8) is 0 Å². The summed E-state index contributed by atoms with van der Waals surface area (Å²) in [4.78, 5) is 0. The minimum absolute atomic E-state index is 0.0503. The molecule has 0 fully saturated rings. The Morgan fingerprint density at radius 2 is 0.900 bits per heavy atom. The zero-order valence-corrected chi connectivity index (χ0v) is 28.1. The third kappa shape index (κ3) is 4.47. The molecule has 0 atom stereocenters. The molecule has 8 aromatic carbocycles. The first-order valence-electron chi connectivity index (χ1n) is 17.4. The monoisotopic (exact) mass is 638 g/mol. The number of fused-ring (bicyclic) bond motifs is 8. The van der Waals surface area contributed by atoms with E-state index in [2.05, 4.69) is 184 Å². The normalized spacial score (nSPS) is 13.2. The number of furan rings is 1. The molecule has 0 amide bonds. The molecule has 0 aliphatic heterocycles. The molecule has 1 nitrogen and oxygen atoms in total. The molecule has 0 spiro atoms. The van der Waals surface area contributed by atoms with E-state index in [4.69, 9.17) is 4.42 Å². The number of hydrogen-bond acceptors (Lipinski definition) is 1. The van der Waals surface area contributed by atoms with Gasteiger partial charge in [0.15, 0.2) is 0 Å². The lowest BCUT2D eigenvalue weighted by Crippen LogP contribution is -2.14. The van der Waals surface area contributed by atoms with Gasteiger partial charge in [-0.1, -0.05) is 129 Å². The van der Waals surface area contributed by atoms with E-state index in [0.717, 1.165) is 32.9 Å². The summed E-state index contributed by atoms with van der Waals surface area (Å²) in [5, 5.41) is 4.59. The zero-order chi connectivity index (χ0) is 33.4. The van der Waals surface area contributed by atoms with Crippen LogP contribution in [0.25, 0.3) is 88.3 Å². The summed E-state index contributed by atoms with van der Waals surface area (Å²) in [7, 11) is 0. The maximum absolute atomic E-state index is 6.60. The third-order valence-corrected chi connectivity index (χ3v) is 10.9. The van der Waals surface area contributed by atoms with Crippen molar-refractivity contribution in [3.8, 4) is 55.6 Å². The molecule has 1 aliphatic rings. The van der Waals surface area contributed by atoms with Crippen LogP contribution in [0.4, 0.5) is 0 Å². The minimum atomic E-state index is -0.0503. The highest BCUT2D eigenvalue weighted by Gasteiger charge is 2.35. The predicted molar refractivity (Wildman–Crippen MR) is 211 cm³/mol. The van der Waals surface area contributed by atoms with Crippen molar-refractivity contribution < 1.29 is 4.42 Å². The highest BCUT2D eigenvalue weighted by atomic mass is 16.3. The van der Waals surface area contributed by atoms with Crippen molar-refractivity contribution in [2.24, 2.45) is 0 Å². The van der Waals surface area contributed by atoms with Crippen molar-refractivity contribution in [2.75, 3.05) is 0 Å². The first kappa shape index (κ1) is 28.8. The molecular weight excluding hydrogens is 605 g/mol. The van der Waals surface area contributed by atoms with Gasteiger partial charge in [-0.05, 0) is 127 Å². The van der Waals surface area contributed by atoms with Gasteiger partial charge in [0.1, 0.15) is 11.2 Å². The Kier molecular flexibility index (Phi) is 6.29. The average Bonchev–Trinajstić information content (AvgIpc) is 3.66. The molecule has 1 heterocycles. The molecule has 236 valence electrons. The molecule has 1 aliphatic carbocycles. The van der Waals surface area contributed by atoms with Gasteiger partial charge in [0.25, 0.3) is 0 Å². The second-order valence-corrected chi connectivity index (χ2v) is 14.2. The molecule has 1 aromatic heterocycles. The van der Waals surface area contributed by atoms with E-state index >= 15 is 0 Å². The lowest BCUT2D eigenvalue weighted by Gasteiger charge is -2.22. The second kappa shape index (κ2) is 10.9. The Labute approximate surface area is 292 Å². The van der Waals surface area contributed by atoms with Crippen LogP contribution in [0.5, 0.6) is 0 Å². The van der Waals surface area contributed by atoms with Gasteiger partial charge >= 0.3 is 0 Å². The number of benzene rings is 8. The van der Waals surface area contributed by atoms with Gasteiger partial charge < -0.3 is 4.42 Å². The molecule has 0 bridgehead atoms. The Morgan fingerprint density at radius 1 is 0.360 bits per heavy atom. The molecule has 1 heteroatoms. The lowest BCUT2D eigenvalue weighted by atomic mass is 9.81. The zero-order valence-electron chi connectivity index (χ0n) is 28.1. The van der Waals surface area contributed by atoms with Gasteiger partial charge in [0.05, 0.1) is 0 Å². The molecule has 0 radical (unpaired) electrons. The Morgan fingerprint density at radius 3 is 1.64 bits per heavy atom. The van der Waals surface area contributed by atoms with E-state index in [1.165, 1.54) is 66.6 Å². The fraction of sp³-hybridized carbons (Fsp3) is 0.0612. The Balaban J connectivity index is 1.10. The highest BCUT2D eigenvalue weighted by Crippen LogP contribution is 2.50. The lowest BCUT2D eigenvalue weighted by molar-refractivity contribution is 0.660. The minimum Gasteiger partial charge on any atom is -0.455 e. The van der Waals surface area contributed by atoms with Crippen LogP contribution in [0.3, 0.4) is 0 Å². The third-order valence-electron chi connectivity index (χ3n) is 10.9.